The molecule has 15 heavy (non-hydrogen) atoms. The summed E-state index contributed by atoms with van der Waals surface area (Å²) < 4.78 is 0. The summed E-state index contributed by atoms with van der Waals surface area (Å²) in [5.74, 6) is 1.17. The number of hydrogen-bond acceptors (Lipinski definition) is 4. The van der Waals surface area contributed by atoms with E-state index in [4.69, 9.17) is 0 Å². The molecule has 4 heteroatoms. The molecule has 1 heterocycles. The molecule has 2 rings (SSSR count). The van der Waals surface area contributed by atoms with Crippen molar-refractivity contribution in [2.45, 2.75) is 31.7 Å². The van der Waals surface area contributed by atoms with Crippen LogP contribution in [0.4, 0.5) is 5.82 Å². The predicted molar refractivity (Wildman–Crippen MR) is 58.5 cm³/mol. The number of anilines is 1. The molecule has 0 saturated heterocycles. The maximum absolute atomic E-state index is 9.26. The Kier molecular flexibility index (Phi) is 3.50. The summed E-state index contributed by atoms with van der Waals surface area (Å²) in [6, 6.07) is 0.348. The number of aromatic nitrogens is 2. The van der Waals surface area contributed by atoms with Crippen molar-refractivity contribution in [3.8, 4) is 0 Å². The topological polar surface area (TPSA) is 58.0 Å². The fraction of sp³-hybridized carbons (Fsp3) is 0.636. The lowest BCUT2D eigenvalue weighted by Crippen LogP contribution is -2.34. The molecule has 1 aromatic rings. The van der Waals surface area contributed by atoms with Crippen LogP contribution in [0.3, 0.4) is 0 Å². The van der Waals surface area contributed by atoms with E-state index in [0.29, 0.717) is 12.0 Å². The lowest BCUT2D eigenvalue weighted by molar-refractivity contribution is 0.178. The van der Waals surface area contributed by atoms with Crippen LogP contribution in [0.25, 0.3) is 0 Å². The zero-order valence-corrected chi connectivity index (χ0v) is 8.76. The van der Waals surface area contributed by atoms with E-state index in [0.717, 1.165) is 18.7 Å². The van der Waals surface area contributed by atoms with Crippen LogP contribution in [0.1, 0.15) is 25.7 Å². The SMILES string of the molecule is OCC1CCCCC1Nc1cnccn1. The molecule has 1 fully saturated rings. The van der Waals surface area contributed by atoms with Gasteiger partial charge < -0.3 is 10.4 Å². The number of nitrogens with zero attached hydrogens (tertiary/aromatic N) is 2. The van der Waals surface area contributed by atoms with Gasteiger partial charge in [-0.2, -0.15) is 0 Å². The summed E-state index contributed by atoms with van der Waals surface area (Å²) in [5, 5.41) is 12.6. The third kappa shape index (κ3) is 2.65. The number of rotatable bonds is 3. The van der Waals surface area contributed by atoms with Crippen molar-refractivity contribution in [3.05, 3.63) is 18.6 Å². The van der Waals surface area contributed by atoms with Crippen LogP contribution in [0, 0.1) is 5.92 Å². The quantitative estimate of drug-likeness (QED) is 0.787. The van der Waals surface area contributed by atoms with Gasteiger partial charge in [-0.05, 0) is 12.8 Å². The highest BCUT2D eigenvalue weighted by molar-refractivity contribution is 5.31. The van der Waals surface area contributed by atoms with Gasteiger partial charge in [0.15, 0.2) is 0 Å². The van der Waals surface area contributed by atoms with Crippen LogP contribution in [0.2, 0.25) is 0 Å². The summed E-state index contributed by atoms with van der Waals surface area (Å²) in [4.78, 5) is 8.20. The molecule has 0 aromatic carbocycles. The van der Waals surface area contributed by atoms with Crippen LogP contribution >= 0.6 is 0 Å². The van der Waals surface area contributed by atoms with Crippen LogP contribution in [0.15, 0.2) is 18.6 Å². The second-order valence-electron chi connectivity index (χ2n) is 4.07. The summed E-state index contributed by atoms with van der Waals surface area (Å²) in [6.07, 6.45) is 9.74. The van der Waals surface area contributed by atoms with E-state index < -0.39 is 0 Å². The van der Waals surface area contributed by atoms with Crippen molar-refractivity contribution >= 4 is 5.82 Å². The van der Waals surface area contributed by atoms with E-state index in [1.54, 1.807) is 18.6 Å². The number of aliphatic hydroxyl groups is 1. The van der Waals surface area contributed by atoms with Crippen LogP contribution < -0.4 is 5.32 Å². The number of aliphatic hydroxyl groups excluding tert-OH is 1. The summed E-state index contributed by atoms with van der Waals surface area (Å²) >= 11 is 0. The van der Waals surface area contributed by atoms with Crippen molar-refractivity contribution in [1.82, 2.24) is 9.97 Å². The molecule has 0 aliphatic heterocycles. The van der Waals surface area contributed by atoms with Gasteiger partial charge >= 0.3 is 0 Å². The third-order valence-electron chi connectivity index (χ3n) is 3.04. The van der Waals surface area contributed by atoms with Gasteiger partial charge in [0.05, 0.1) is 6.20 Å². The Morgan fingerprint density at radius 2 is 2.20 bits per heavy atom. The normalized spacial score (nSPS) is 26.2. The fourth-order valence-electron chi connectivity index (χ4n) is 2.18. The Labute approximate surface area is 89.8 Å². The Bertz CT molecular complexity index is 291. The standard InChI is InChI=1S/C11H17N3O/c15-8-9-3-1-2-4-10(9)14-11-7-12-5-6-13-11/h5-7,9-10,15H,1-4,8H2,(H,13,14). The van der Waals surface area contributed by atoms with Gasteiger partial charge in [0, 0.05) is 31.0 Å². The molecule has 1 aromatic heterocycles. The highest BCUT2D eigenvalue weighted by atomic mass is 16.3. The number of nitrogens with one attached hydrogen (secondary N) is 1. The largest absolute Gasteiger partial charge is 0.396 e. The average Bonchev–Trinajstić information content (AvgIpc) is 2.31. The van der Waals surface area contributed by atoms with Gasteiger partial charge in [-0.3, -0.25) is 4.98 Å². The molecule has 2 unspecified atom stereocenters. The van der Waals surface area contributed by atoms with Crippen LogP contribution in [-0.4, -0.2) is 27.7 Å². The molecule has 4 nitrogen and oxygen atoms in total. The van der Waals surface area contributed by atoms with Gasteiger partial charge in [-0.1, -0.05) is 12.8 Å². The second kappa shape index (κ2) is 5.07. The van der Waals surface area contributed by atoms with E-state index in [-0.39, 0.29) is 6.61 Å². The molecule has 2 atom stereocenters. The van der Waals surface area contributed by atoms with Crippen molar-refractivity contribution in [1.29, 1.82) is 0 Å². The molecule has 0 spiro atoms. The van der Waals surface area contributed by atoms with Crippen LogP contribution in [-0.2, 0) is 0 Å². The molecule has 82 valence electrons. The molecule has 0 radical (unpaired) electrons. The highest BCUT2D eigenvalue weighted by Crippen LogP contribution is 2.26. The first-order valence-electron chi connectivity index (χ1n) is 5.53. The molecular weight excluding hydrogens is 190 g/mol. The minimum atomic E-state index is 0.262. The van der Waals surface area contributed by atoms with Gasteiger partial charge in [0.25, 0.3) is 0 Å². The second-order valence-corrected chi connectivity index (χ2v) is 4.07. The van der Waals surface area contributed by atoms with Crippen molar-refractivity contribution in [2.75, 3.05) is 11.9 Å². The van der Waals surface area contributed by atoms with E-state index >= 15 is 0 Å². The number of hydrogen-bond donors (Lipinski definition) is 2. The van der Waals surface area contributed by atoms with Gasteiger partial charge in [-0.15, -0.1) is 0 Å². The van der Waals surface area contributed by atoms with Crippen molar-refractivity contribution < 1.29 is 5.11 Å². The monoisotopic (exact) mass is 207 g/mol. The summed E-state index contributed by atoms with van der Waals surface area (Å²) in [5.41, 5.74) is 0. The smallest absolute Gasteiger partial charge is 0.144 e. The maximum atomic E-state index is 9.26. The van der Waals surface area contributed by atoms with Crippen molar-refractivity contribution in [3.63, 3.8) is 0 Å². The van der Waals surface area contributed by atoms with E-state index in [2.05, 4.69) is 15.3 Å². The molecule has 0 amide bonds. The molecule has 2 N–H and O–H groups in total. The Hall–Kier alpha value is -1.16. The fourth-order valence-corrected chi connectivity index (χ4v) is 2.18. The molecule has 1 saturated carbocycles. The average molecular weight is 207 g/mol. The van der Waals surface area contributed by atoms with E-state index in [1.807, 2.05) is 0 Å². The predicted octanol–water partition coefficient (Wildman–Crippen LogP) is 1.44. The van der Waals surface area contributed by atoms with Gasteiger partial charge in [0.2, 0.25) is 0 Å². The lowest BCUT2D eigenvalue weighted by Gasteiger charge is -2.31. The lowest BCUT2D eigenvalue weighted by atomic mass is 9.85. The zero-order valence-electron chi connectivity index (χ0n) is 8.76. The Morgan fingerprint density at radius 1 is 1.33 bits per heavy atom. The summed E-state index contributed by atoms with van der Waals surface area (Å²) in [7, 11) is 0. The minimum absolute atomic E-state index is 0.262. The van der Waals surface area contributed by atoms with Gasteiger partial charge in [0.1, 0.15) is 5.82 Å². The molecule has 0 bridgehead atoms. The zero-order chi connectivity index (χ0) is 10.5. The summed E-state index contributed by atoms with van der Waals surface area (Å²) in [6.45, 7) is 0.262. The molecule has 1 aliphatic carbocycles. The van der Waals surface area contributed by atoms with Crippen LogP contribution in [0.5, 0.6) is 0 Å². The first-order chi connectivity index (χ1) is 7.40. The molecular formula is C11H17N3O. The Morgan fingerprint density at radius 3 is 2.93 bits per heavy atom. The van der Waals surface area contributed by atoms with E-state index in [1.165, 1.54) is 12.8 Å². The minimum Gasteiger partial charge on any atom is -0.396 e. The first-order valence-corrected chi connectivity index (χ1v) is 5.53. The highest BCUT2D eigenvalue weighted by Gasteiger charge is 2.24. The maximum Gasteiger partial charge on any atom is 0.144 e. The molecule has 1 aliphatic rings. The first kappa shape index (κ1) is 10.4. The van der Waals surface area contributed by atoms with Gasteiger partial charge in [-0.25, -0.2) is 4.98 Å². The third-order valence-corrected chi connectivity index (χ3v) is 3.04. The van der Waals surface area contributed by atoms with E-state index in [9.17, 15) is 5.11 Å². The van der Waals surface area contributed by atoms with Crippen molar-refractivity contribution in [2.24, 2.45) is 5.92 Å². The Balaban J connectivity index is 1.97.